The second kappa shape index (κ2) is 9.57. The van der Waals surface area contributed by atoms with Crippen LogP contribution < -0.4 is 4.90 Å². The molecule has 0 spiro atoms. The molecule has 0 aliphatic carbocycles. The zero-order chi connectivity index (χ0) is 21.7. The quantitative estimate of drug-likeness (QED) is 0.312. The molecule has 0 unspecified atom stereocenters. The fraction of sp³-hybridized carbons (Fsp3) is 0.143. The number of benzene rings is 3. The Hall–Kier alpha value is -2.45. The normalized spacial score (nSPS) is 11.7. The van der Waals surface area contributed by atoms with Gasteiger partial charge in [-0.2, -0.15) is 13.5 Å². The number of azo groups is 1. The van der Waals surface area contributed by atoms with E-state index in [-0.39, 0.29) is 15.7 Å². The first-order valence-corrected chi connectivity index (χ1v) is 11.2. The molecule has 3 aromatic carbocycles. The van der Waals surface area contributed by atoms with E-state index >= 15 is 0 Å². The van der Waals surface area contributed by atoms with E-state index in [1.165, 1.54) is 11.6 Å². The van der Waals surface area contributed by atoms with E-state index in [9.17, 15) is 8.42 Å². The molecule has 1 N–H and O–H groups in total. The third kappa shape index (κ3) is 5.58. The van der Waals surface area contributed by atoms with Crippen LogP contribution in [0.15, 0.2) is 81.9 Å². The monoisotopic (exact) mass is 463 g/mol. The SMILES string of the molecule is CCN(Cc1ccccc1)c1ccc(N=Nc2cc(Cl)c(S(=O)(=O)O)cc2Cl)cc1. The highest BCUT2D eigenvalue weighted by Gasteiger charge is 2.17. The molecule has 0 saturated carbocycles. The summed E-state index contributed by atoms with van der Waals surface area (Å²) in [4.78, 5) is 1.76. The average Bonchev–Trinajstić information content (AvgIpc) is 2.73. The molecule has 3 aromatic rings. The van der Waals surface area contributed by atoms with Crippen molar-refractivity contribution in [2.24, 2.45) is 10.2 Å². The Kier molecular flexibility index (Phi) is 7.10. The van der Waals surface area contributed by atoms with Gasteiger partial charge in [0.25, 0.3) is 10.1 Å². The van der Waals surface area contributed by atoms with E-state index in [0.717, 1.165) is 24.8 Å². The zero-order valence-corrected chi connectivity index (χ0v) is 18.4. The van der Waals surface area contributed by atoms with Crippen molar-refractivity contribution in [2.45, 2.75) is 18.4 Å². The molecular weight excluding hydrogens is 445 g/mol. The molecule has 0 aromatic heterocycles. The summed E-state index contributed by atoms with van der Waals surface area (Å²) < 4.78 is 31.7. The first-order chi connectivity index (χ1) is 14.3. The predicted molar refractivity (Wildman–Crippen MR) is 120 cm³/mol. The van der Waals surface area contributed by atoms with Crippen LogP contribution in [0.1, 0.15) is 12.5 Å². The maximum Gasteiger partial charge on any atom is 0.296 e. The zero-order valence-electron chi connectivity index (χ0n) is 16.0. The topological polar surface area (TPSA) is 82.3 Å². The van der Waals surface area contributed by atoms with Crippen LogP contribution in [0, 0.1) is 0 Å². The summed E-state index contributed by atoms with van der Waals surface area (Å²) in [6, 6.07) is 20.1. The van der Waals surface area contributed by atoms with E-state index in [2.05, 4.69) is 34.2 Å². The second-order valence-corrected chi connectivity index (χ2v) is 8.63. The van der Waals surface area contributed by atoms with Crippen molar-refractivity contribution in [2.75, 3.05) is 11.4 Å². The lowest BCUT2D eigenvalue weighted by Gasteiger charge is -2.23. The maximum absolute atomic E-state index is 11.3. The fourth-order valence-electron chi connectivity index (χ4n) is 2.82. The minimum absolute atomic E-state index is 0.00687. The van der Waals surface area contributed by atoms with E-state index in [1.54, 1.807) is 0 Å². The number of hydrogen-bond acceptors (Lipinski definition) is 5. The van der Waals surface area contributed by atoms with E-state index < -0.39 is 15.0 Å². The first-order valence-electron chi connectivity index (χ1n) is 9.05. The summed E-state index contributed by atoms with van der Waals surface area (Å²) in [5.41, 5.74) is 3.07. The van der Waals surface area contributed by atoms with Gasteiger partial charge in [0.2, 0.25) is 0 Å². The molecule has 0 heterocycles. The number of halogens is 2. The summed E-state index contributed by atoms with van der Waals surface area (Å²) in [5, 5.41) is 7.99. The van der Waals surface area contributed by atoms with Crippen LogP contribution in [0.3, 0.4) is 0 Å². The molecule has 0 radical (unpaired) electrons. The van der Waals surface area contributed by atoms with Crippen LogP contribution >= 0.6 is 23.2 Å². The van der Waals surface area contributed by atoms with Gasteiger partial charge in [-0.25, -0.2) is 0 Å². The van der Waals surface area contributed by atoms with Crippen molar-refractivity contribution >= 4 is 50.4 Å². The minimum Gasteiger partial charge on any atom is -0.367 e. The van der Waals surface area contributed by atoms with Crippen LogP contribution in [-0.4, -0.2) is 19.5 Å². The molecule has 0 amide bonds. The van der Waals surface area contributed by atoms with Gasteiger partial charge >= 0.3 is 0 Å². The largest absolute Gasteiger partial charge is 0.367 e. The number of anilines is 1. The van der Waals surface area contributed by atoms with Crippen molar-refractivity contribution < 1.29 is 13.0 Å². The smallest absolute Gasteiger partial charge is 0.296 e. The lowest BCUT2D eigenvalue weighted by molar-refractivity contribution is 0.483. The number of rotatable bonds is 7. The summed E-state index contributed by atoms with van der Waals surface area (Å²) in [5.74, 6) is 0. The highest BCUT2D eigenvalue weighted by molar-refractivity contribution is 7.86. The molecule has 156 valence electrons. The Bertz CT molecular complexity index is 1150. The standard InChI is InChI=1S/C21H19Cl2N3O3S/c1-2-26(14-15-6-4-3-5-7-15)17-10-8-16(9-11-17)24-25-20-12-19(23)21(13-18(20)22)30(27,28)29/h3-13H,2,14H2,1H3,(H,27,28,29). The van der Waals surface area contributed by atoms with E-state index in [4.69, 9.17) is 27.8 Å². The van der Waals surface area contributed by atoms with Gasteiger partial charge in [-0.05, 0) is 48.9 Å². The van der Waals surface area contributed by atoms with Gasteiger partial charge in [-0.15, -0.1) is 5.11 Å². The van der Waals surface area contributed by atoms with E-state index in [1.807, 2.05) is 42.5 Å². The molecular formula is C21H19Cl2N3O3S. The van der Waals surface area contributed by atoms with E-state index in [0.29, 0.717) is 5.69 Å². The average molecular weight is 464 g/mol. The van der Waals surface area contributed by atoms with Gasteiger partial charge in [-0.3, -0.25) is 4.55 Å². The Morgan fingerprint density at radius 1 is 0.933 bits per heavy atom. The van der Waals surface area contributed by atoms with Crippen LogP contribution in [0.5, 0.6) is 0 Å². The van der Waals surface area contributed by atoms with Crippen LogP contribution in [0.2, 0.25) is 10.0 Å². The number of nitrogens with zero attached hydrogens (tertiary/aromatic N) is 3. The van der Waals surface area contributed by atoms with Crippen molar-refractivity contribution in [3.63, 3.8) is 0 Å². The van der Waals surface area contributed by atoms with Crippen LogP contribution in [-0.2, 0) is 16.7 Å². The molecule has 9 heteroatoms. The Labute approximate surface area is 185 Å². The summed E-state index contributed by atoms with van der Waals surface area (Å²) in [6.45, 7) is 3.74. The van der Waals surface area contributed by atoms with Gasteiger partial charge < -0.3 is 4.90 Å². The number of hydrogen-bond donors (Lipinski definition) is 1. The third-order valence-electron chi connectivity index (χ3n) is 4.37. The molecule has 0 aliphatic rings. The predicted octanol–water partition coefficient (Wildman–Crippen LogP) is 6.68. The Morgan fingerprint density at radius 2 is 1.60 bits per heavy atom. The Morgan fingerprint density at radius 3 is 2.20 bits per heavy atom. The van der Waals surface area contributed by atoms with Gasteiger partial charge in [0.1, 0.15) is 10.6 Å². The van der Waals surface area contributed by atoms with Crippen molar-refractivity contribution in [3.05, 3.63) is 82.3 Å². The third-order valence-corrected chi connectivity index (χ3v) is 5.99. The van der Waals surface area contributed by atoms with Crippen molar-refractivity contribution in [1.82, 2.24) is 0 Å². The fourth-order valence-corrected chi connectivity index (χ4v) is 4.11. The van der Waals surface area contributed by atoms with Crippen LogP contribution in [0.4, 0.5) is 17.1 Å². The lowest BCUT2D eigenvalue weighted by Crippen LogP contribution is -2.21. The molecule has 3 rings (SSSR count). The van der Waals surface area contributed by atoms with Crippen molar-refractivity contribution in [3.8, 4) is 0 Å². The lowest BCUT2D eigenvalue weighted by atomic mass is 10.2. The molecule has 0 fully saturated rings. The van der Waals surface area contributed by atoms with Gasteiger partial charge in [0, 0.05) is 18.8 Å². The molecule has 0 bridgehead atoms. The molecule has 0 saturated heterocycles. The van der Waals surface area contributed by atoms with Gasteiger partial charge in [0.15, 0.2) is 0 Å². The summed E-state index contributed by atoms with van der Waals surface area (Å²) in [6.07, 6.45) is 0. The minimum atomic E-state index is -4.47. The first kappa shape index (κ1) is 22.2. The summed E-state index contributed by atoms with van der Waals surface area (Å²) in [7, 11) is -4.47. The maximum atomic E-state index is 11.3. The molecule has 6 nitrogen and oxygen atoms in total. The highest BCUT2D eigenvalue weighted by Crippen LogP contribution is 2.34. The molecule has 0 atom stereocenters. The highest BCUT2D eigenvalue weighted by atomic mass is 35.5. The van der Waals surface area contributed by atoms with Crippen LogP contribution in [0.25, 0.3) is 0 Å². The summed E-state index contributed by atoms with van der Waals surface area (Å²) >= 11 is 11.9. The van der Waals surface area contributed by atoms with Crippen molar-refractivity contribution in [1.29, 1.82) is 0 Å². The molecule has 30 heavy (non-hydrogen) atoms. The molecule has 0 aliphatic heterocycles. The Balaban J connectivity index is 1.77. The van der Waals surface area contributed by atoms with Gasteiger partial charge in [-0.1, -0.05) is 53.5 Å². The van der Waals surface area contributed by atoms with Gasteiger partial charge in [0.05, 0.1) is 15.7 Å². The second-order valence-electron chi connectivity index (χ2n) is 6.43.